The van der Waals surface area contributed by atoms with Crippen LogP contribution < -0.4 is 10.6 Å². The molecule has 128 valence electrons. The molecule has 24 heavy (non-hydrogen) atoms. The minimum atomic E-state index is 0.526. The molecule has 0 bridgehead atoms. The van der Waals surface area contributed by atoms with Gasteiger partial charge in [0.25, 0.3) is 0 Å². The van der Waals surface area contributed by atoms with E-state index in [9.17, 15) is 0 Å². The van der Waals surface area contributed by atoms with Gasteiger partial charge in [-0.2, -0.15) is 5.10 Å². The Kier molecular flexibility index (Phi) is 4.49. The van der Waals surface area contributed by atoms with Crippen LogP contribution in [0.2, 0.25) is 0 Å². The maximum Gasteiger partial charge on any atom is 0.129 e. The van der Waals surface area contributed by atoms with Crippen LogP contribution >= 0.6 is 0 Å². The van der Waals surface area contributed by atoms with Crippen molar-refractivity contribution in [3.8, 4) is 11.3 Å². The molecule has 1 aliphatic heterocycles. The van der Waals surface area contributed by atoms with Crippen LogP contribution in [0.4, 0.5) is 5.82 Å². The number of hydrogen-bond acceptors (Lipinski definition) is 5. The number of pyridine rings is 1. The number of ether oxygens (including phenoxy) is 1. The van der Waals surface area contributed by atoms with Gasteiger partial charge in [0.2, 0.25) is 0 Å². The Balaban J connectivity index is 1.46. The van der Waals surface area contributed by atoms with Crippen LogP contribution in [0.25, 0.3) is 11.3 Å². The van der Waals surface area contributed by atoms with Gasteiger partial charge in [-0.25, -0.2) is 4.98 Å². The molecule has 3 heterocycles. The molecule has 2 fully saturated rings. The van der Waals surface area contributed by atoms with Gasteiger partial charge in [-0.3, -0.25) is 4.68 Å². The van der Waals surface area contributed by atoms with Gasteiger partial charge in [-0.05, 0) is 43.9 Å². The summed E-state index contributed by atoms with van der Waals surface area (Å²) in [6, 6.07) is 6.73. The fraction of sp³-hybridized carbons (Fsp3) is 0.556. The summed E-state index contributed by atoms with van der Waals surface area (Å²) in [6.07, 6.45) is 7.59. The minimum absolute atomic E-state index is 0.526. The van der Waals surface area contributed by atoms with Crippen molar-refractivity contribution in [3.63, 3.8) is 0 Å². The molecule has 2 aliphatic rings. The Morgan fingerprint density at radius 3 is 2.83 bits per heavy atom. The summed E-state index contributed by atoms with van der Waals surface area (Å²) in [4.78, 5) is 7.11. The zero-order valence-electron chi connectivity index (χ0n) is 14.0. The molecule has 0 radical (unpaired) electrons. The zero-order valence-corrected chi connectivity index (χ0v) is 14.0. The van der Waals surface area contributed by atoms with Crippen molar-refractivity contribution in [2.24, 2.45) is 11.7 Å². The highest BCUT2D eigenvalue weighted by atomic mass is 16.5. The van der Waals surface area contributed by atoms with Crippen molar-refractivity contribution in [2.45, 2.75) is 25.3 Å². The standard InChI is InChI=1S/C18H25N5O/c19-5-4-14-10-16(11-14)23-13-15(12-20-23)17-2-1-3-18(21-17)22-6-8-24-9-7-22/h1-3,12-14,16H,4-11,19H2. The molecule has 2 aromatic rings. The maximum atomic E-state index is 5.64. The van der Waals surface area contributed by atoms with Crippen molar-refractivity contribution in [2.75, 3.05) is 37.7 Å². The third-order valence-electron chi connectivity index (χ3n) is 5.13. The summed E-state index contributed by atoms with van der Waals surface area (Å²) in [7, 11) is 0. The first-order chi connectivity index (χ1) is 11.8. The molecule has 1 saturated carbocycles. The van der Waals surface area contributed by atoms with Crippen molar-refractivity contribution in [3.05, 3.63) is 30.6 Å². The van der Waals surface area contributed by atoms with E-state index in [0.717, 1.165) is 62.3 Å². The highest BCUT2D eigenvalue weighted by Gasteiger charge is 2.30. The van der Waals surface area contributed by atoms with Gasteiger partial charge in [-0.1, -0.05) is 6.07 Å². The SMILES string of the molecule is NCCC1CC(n2cc(-c3cccc(N4CCOCC4)n3)cn2)C1. The zero-order chi connectivity index (χ0) is 16.4. The Morgan fingerprint density at radius 2 is 2.04 bits per heavy atom. The van der Waals surface area contributed by atoms with Gasteiger partial charge in [0.15, 0.2) is 0 Å². The van der Waals surface area contributed by atoms with Crippen molar-refractivity contribution in [1.82, 2.24) is 14.8 Å². The lowest BCUT2D eigenvalue weighted by molar-refractivity contribution is 0.122. The predicted octanol–water partition coefficient (Wildman–Crippen LogP) is 2.08. The summed E-state index contributed by atoms with van der Waals surface area (Å²) >= 11 is 0. The number of nitrogens with two attached hydrogens (primary N) is 1. The second-order valence-corrected chi connectivity index (χ2v) is 6.76. The second-order valence-electron chi connectivity index (χ2n) is 6.76. The van der Waals surface area contributed by atoms with Gasteiger partial charge in [-0.15, -0.1) is 0 Å². The van der Waals surface area contributed by atoms with Crippen LogP contribution in [0.5, 0.6) is 0 Å². The molecule has 0 atom stereocenters. The van der Waals surface area contributed by atoms with E-state index in [1.54, 1.807) is 0 Å². The number of nitrogens with zero attached hydrogens (tertiary/aromatic N) is 4. The van der Waals surface area contributed by atoms with Crippen LogP contribution in [-0.2, 0) is 4.74 Å². The lowest BCUT2D eigenvalue weighted by Gasteiger charge is -2.35. The van der Waals surface area contributed by atoms with E-state index < -0.39 is 0 Å². The molecule has 6 nitrogen and oxygen atoms in total. The third kappa shape index (κ3) is 3.16. The fourth-order valence-corrected chi connectivity index (χ4v) is 3.61. The predicted molar refractivity (Wildman–Crippen MR) is 93.9 cm³/mol. The number of morpholine rings is 1. The first-order valence-electron chi connectivity index (χ1n) is 8.88. The van der Waals surface area contributed by atoms with Crippen LogP contribution in [0, 0.1) is 5.92 Å². The van der Waals surface area contributed by atoms with Crippen LogP contribution in [0.1, 0.15) is 25.3 Å². The second kappa shape index (κ2) is 6.91. The first-order valence-corrected chi connectivity index (χ1v) is 8.88. The highest BCUT2D eigenvalue weighted by Crippen LogP contribution is 2.39. The van der Waals surface area contributed by atoms with Crippen LogP contribution in [0.15, 0.2) is 30.6 Å². The first kappa shape index (κ1) is 15.6. The van der Waals surface area contributed by atoms with Gasteiger partial charge < -0.3 is 15.4 Å². The molecule has 2 aromatic heterocycles. The number of rotatable bonds is 5. The molecule has 0 aromatic carbocycles. The summed E-state index contributed by atoms with van der Waals surface area (Å²) in [5, 5.41) is 4.56. The van der Waals surface area contributed by atoms with E-state index in [1.165, 1.54) is 12.8 Å². The van der Waals surface area contributed by atoms with Gasteiger partial charge in [0.05, 0.1) is 31.1 Å². The van der Waals surface area contributed by atoms with Crippen LogP contribution in [0.3, 0.4) is 0 Å². The Hall–Kier alpha value is -1.92. The van der Waals surface area contributed by atoms with Crippen molar-refractivity contribution >= 4 is 5.82 Å². The van der Waals surface area contributed by atoms with E-state index in [1.807, 2.05) is 6.20 Å². The smallest absolute Gasteiger partial charge is 0.129 e. The quantitative estimate of drug-likeness (QED) is 0.910. The molecule has 0 unspecified atom stereocenters. The average molecular weight is 327 g/mol. The Labute approximate surface area is 142 Å². The molecule has 0 amide bonds. The average Bonchev–Trinajstić information content (AvgIpc) is 3.08. The monoisotopic (exact) mass is 327 g/mol. The van der Waals surface area contributed by atoms with E-state index in [4.69, 9.17) is 15.5 Å². The highest BCUT2D eigenvalue weighted by molar-refractivity contribution is 5.60. The van der Waals surface area contributed by atoms with Gasteiger partial charge >= 0.3 is 0 Å². The molecular formula is C18H25N5O. The molecule has 1 aliphatic carbocycles. The largest absolute Gasteiger partial charge is 0.378 e. The van der Waals surface area contributed by atoms with Crippen molar-refractivity contribution < 1.29 is 4.74 Å². The third-order valence-corrected chi connectivity index (χ3v) is 5.13. The normalized spacial score (nSPS) is 24.0. The number of aromatic nitrogens is 3. The van der Waals surface area contributed by atoms with E-state index in [-0.39, 0.29) is 0 Å². The Morgan fingerprint density at radius 1 is 1.21 bits per heavy atom. The summed E-state index contributed by atoms with van der Waals surface area (Å²) in [6.45, 7) is 4.14. The molecule has 2 N–H and O–H groups in total. The Bertz CT molecular complexity index is 674. The molecule has 1 saturated heterocycles. The minimum Gasteiger partial charge on any atom is -0.378 e. The number of hydrogen-bond donors (Lipinski definition) is 1. The maximum absolute atomic E-state index is 5.64. The molecular weight excluding hydrogens is 302 g/mol. The fourth-order valence-electron chi connectivity index (χ4n) is 3.61. The molecule has 6 heteroatoms. The molecule has 4 rings (SSSR count). The lowest BCUT2D eigenvalue weighted by Crippen LogP contribution is -2.36. The van der Waals surface area contributed by atoms with E-state index in [0.29, 0.717) is 6.04 Å². The summed E-state index contributed by atoms with van der Waals surface area (Å²) in [5.74, 6) is 1.80. The summed E-state index contributed by atoms with van der Waals surface area (Å²) in [5.41, 5.74) is 7.72. The number of anilines is 1. The van der Waals surface area contributed by atoms with E-state index >= 15 is 0 Å². The topological polar surface area (TPSA) is 69.2 Å². The lowest BCUT2D eigenvalue weighted by atomic mass is 9.78. The molecule has 0 spiro atoms. The summed E-state index contributed by atoms with van der Waals surface area (Å²) < 4.78 is 7.52. The van der Waals surface area contributed by atoms with Gasteiger partial charge in [0, 0.05) is 24.8 Å². The van der Waals surface area contributed by atoms with E-state index in [2.05, 4.69) is 39.1 Å². The van der Waals surface area contributed by atoms with Gasteiger partial charge in [0.1, 0.15) is 5.82 Å². The van der Waals surface area contributed by atoms with Crippen molar-refractivity contribution in [1.29, 1.82) is 0 Å². The van der Waals surface area contributed by atoms with Crippen LogP contribution in [-0.4, -0.2) is 47.6 Å².